The summed E-state index contributed by atoms with van der Waals surface area (Å²) < 4.78 is 40.2. The zero-order chi connectivity index (χ0) is 34.8. The Morgan fingerprint density at radius 2 is 1.29 bits per heavy atom. The van der Waals surface area contributed by atoms with Crippen LogP contribution in [-0.4, -0.2) is 132 Å². The molecule has 3 atom stereocenters. The predicted molar refractivity (Wildman–Crippen MR) is 177 cm³/mol. The number of aromatic nitrogens is 3. The summed E-state index contributed by atoms with van der Waals surface area (Å²) in [5.74, 6) is 1.56. The zero-order valence-electron chi connectivity index (χ0n) is 29.5. The third-order valence-corrected chi connectivity index (χ3v) is 8.06. The van der Waals surface area contributed by atoms with Gasteiger partial charge in [-0.05, 0) is 50.4 Å². The monoisotopic (exact) mass is 685 g/mol. The largest absolute Gasteiger partial charge is 0.449 e. The van der Waals surface area contributed by atoms with Crippen molar-refractivity contribution in [2.45, 2.75) is 65.8 Å². The van der Waals surface area contributed by atoms with Crippen LogP contribution in [0.3, 0.4) is 0 Å². The van der Waals surface area contributed by atoms with Gasteiger partial charge in [0.25, 0.3) is 0 Å². The van der Waals surface area contributed by atoms with E-state index in [1.807, 2.05) is 18.5 Å². The summed E-state index contributed by atoms with van der Waals surface area (Å²) in [4.78, 5) is 34.1. The first-order valence-electron chi connectivity index (χ1n) is 17.5. The van der Waals surface area contributed by atoms with E-state index >= 15 is 0 Å². The van der Waals surface area contributed by atoms with Crippen LogP contribution in [0.2, 0.25) is 0 Å². The molecule has 276 valence electrons. The number of alkyl carbamates (subject to hydrolysis) is 1. The fourth-order valence-corrected chi connectivity index (χ4v) is 5.44. The number of ketones is 1. The van der Waals surface area contributed by atoms with E-state index in [4.69, 9.17) is 33.2 Å². The van der Waals surface area contributed by atoms with E-state index in [2.05, 4.69) is 20.9 Å². The van der Waals surface area contributed by atoms with Gasteiger partial charge in [0.1, 0.15) is 5.78 Å². The van der Waals surface area contributed by atoms with Crippen molar-refractivity contribution in [1.29, 1.82) is 0 Å². The number of nitrogens with one attached hydrogen (secondary N) is 2. The van der Waals surface area contributed by atoms with Crippen molar-refractivity contribution >= 4 is 17.8 Å². The molecule has 0 radical (unpaired) electrons. The zero-order valence-corrected chi connectivity index (χ0v) is 29.5. The van der Waals surface area contributed by atoms with Gasteiger partial charge in [-0.1, -0.05) is 19.1 Å². The number of carbonyl (C=O) groups excluding carboxylic acids is 3. The minimum absolute atomic E-state index is 0.0395. The van der Waals surface area contributed by atoms with E-state index in [1.165, 1.54) is 12.6 Å². The molecule has 0 saturated heterocycles. The molecule has 2 aliphatic rings. The Labute approximate surface area is 285 Å². The number of aryl methyl sites for hydroxylation is 1. The highest BCUT2D eigenvalue weighted by molar-refractivity contribution is 5.75. The summed E-state index contributed by atoms with van der Waals surface area (Å²) in [6.07, 6.45) is 4.19. The van der Waals surface area contributed by atoms with Gasteiger partial charge in [0.15, 0.2) is 0 Å². The molecular weight excluding hydrogens is 626 g/mol. The van der Waals surface area contributed by atoms with E-state index in [9.17, 15) is 14.4 Å². The van der Waals surface area contributed by atoms with Crippen molar-refractivity contribution < 1.29 is 47.5 Å². The summed E-state index contributed by atoms with van der Waals surface area (Å²) in [6, 6.07) is 0. The van der Waals surface area contributed by atoms with Gasteiger partial charge in [-0.2, -0.15) is 0 Å². The van der Waals surface area contributed by atoms with E-state index < -0.39 is 6.09 Å². The number of hydrogen-bond acceptors (Lipinski definition) is 12. The Kier molecular flexibility index (Phi) is 22.7. The van der Waals surface area contributed by atoms with Crippen molar-refractivity contribution in [3.63, 3.8) is 0 Å². The van der Waals surface area contributed by atoms with Gasteiger partial charge in [0.2, 0.25) is 5.91 Å². The van der Waals surface area contributed by atoms with Gasteiger partial charge < -0.3 is 43.8 Å². The first-order valence-corrected chi connectivity index (χ1v) is 17.5. The molecule has 15 heteroatoms. The van der Waals surface area contributed by atoms with Crippen LogP contribution in [0.1, 0.15) is 57.8 Å². The van der Waals surface area contributed by atoms with E-state index in [-0.39, 0.29) is 11.7 Å². The number of nitrogens with zero attached hydrogens (tertiary/aromatic N) is 3. The minimum atomic E-state index is -0.418. The first-order chi connectivity index (χ1) is 23.5. The lowest BCUT2D eigenvalue weighted by Gasteiger charge is -2.11. The summed E-state index contributed by atoms with van der Waals surface area (Å²) in [6.45, 7) is 12.3. The summed E-state index contributed by atoms with van der Waals surface area (Å²) in [7, 11) is 1.60. The van der Waals surface area contributed by atoms with Gasteiger partial charge >= 0.3 is 6.09 Å². The molecule has 1 heterocycles. The molecule has 1 aromatic heterocycles. The number of rotatable bonds is 26. The van der Waals surface area contributed by atoms with Gasteiger partial charge in [0.05, 0.1) is 104 Å². The predicted octanol–water partition coefficient (Wildman–Crippen LogP) is 1.99. The van der Waals surface area contributed by atoms with E-state index in [0.29, 0.717) is 130 Å². The maximum Gasteiger partial charge on any atom is 0.407 e. The maximum absolute atomic E-state index is 12.2. The Morgan fingerprint density at radius 3 is 1.90 bits per heavy atom. The molecule has 1 aromatic rings. The molecule has 0 aromatic carbocycles. The molecule has 2 amide bonds. The van der Waals surface area contributed by atoms with Crippen LogP contribution in [0.4, 0.5) is 4.79 Å². The van der Waals surface area contributed by atoms with Crippen LogP contribution in [0.5, 0.6) is 0 Å². The van der Waals surface area contributed by atoms with Crippen LogP contribution in [-0.2, 0) is 62.1 Å². The Hall–Kier alpha value is -2.69. The van der Waals surface area contributed by atoms with Crippen molar-refractivity contribution in [2.24, 2.45) is 17.8 Å². The molecule has 48 heavy (non-hydrogen) atoms. The summed E-state index contributed by atoms with van der Waals surface area (Å²) in [5, 5.41) is 14.1. The quantitative estimate of drug-likeness (QED) is 0.136. The Bertz CT molecular complexity index is 1030. The second-order valence-electron chi connectivity index (χ2n) is 11.3. The van der Waals surface area contributed by atoms with Crippen LogP contribution < -0.4 is 10.6 Å². The number of hydrogen-bond donors (Lipinski definition) is 2. The normalized spacial score (nSPS) is 18.0. The fourth-order valence-electron chi connectivity index (χ4n) is 5.44. The van der Waals surface area contributed by atoms with Crippen molar-refractivity contribution in [3.05, 3.63) is 11.4 Å². The number of fused-ring (bicyclic) bond motifs is 2. The van der Waals surface area contributed by atoms with Crippen molar-refractivity contribution in [1.82, 2.24) is 25.6 Å². The number of Topliss-reactive ketones (excluding diaryl/α,β-unsaturated/α-hetero) is 1. The molecule has 2 aliphatic carbocycles. The van der Waals surface area contributed by atoms with Crippen molar-refractivity contribution in [2.75, 3.05) is 99.5 Å². The smallest absolute Gasteiger partial charge is 0.407 e. The fraction of sp³-hybridized carbons (Fsp3) is 0.848. The average Bonchev–Trinajstić information content (AvgIpc) is 3.60. The second kappa shape index (κ2) is 26.2. The van der Waals surface area contributed by atoms with Crippen LogP contribution in [0, 0.1) is 17.8 Å². The third kappa shape index (κ3) is 17.6. The topological polar surface area (TPSA) is 171 Å². The summed E-state index contributed by atoms with van der Waals surface area (Å²) in [5.41, 5.74) is 2.24. The summed E-state index contributed by atoms with van der Waals surface area (Å²) >= 11 is 0. The highest BCUT2D eigenvalue weighted by Gasteiger charge is 2.50. The van der Waals surface area contributed by atoms with Crippen molar-refractivity contribution in [3.8, 4) is 0 Å². The lowest BCUT2D eigenvalue weighted by molar-refractivity contribution is -0.122. The molecule has 0 aliphatic heterocycles. The number of ether oxygens (including phenoxy) is 7. The second-order valence-corrected chi connectivity index (χ2v) is 11.3. The van der Waals surface area contributed by atoms with E-state index in [1.54, 1.807) is 7.05 Å². The van der Waals surface area contributed by atoms with Crippen LogP contribution in [0.25, 0.3) is 0 Å². The lowest BCUT2D eigenvalue weighted by Crippen LogP contribution is -2.29. The Balaban J connectivity index is 0.00000392. The molecule has 1 saturated carbocycles. The average molecular weight is 686 g/mol. The molecule has 0 bridgehead atoms. The highest BCUT2D eigenvalue weighted by Crippen LogP contribution is 2.52. The minimum Gasteiger partial charge on any atom is -0.449 e. The standard InChI is InChI=1S/C31H53N5O10.C2H6/c1-24(37)7-11-40-15-19-44-21-17-42-13-9-33-31(39)46-23-27-25-3-5-28-29(6-4-26(25)27)36(35-34-28)10-14-43-18-22-45-20-16-41-12-8-30(38)32-2;1-2/h25-27H,3-23H2,1-2H3,(H,32,38)(H,33,39);1-2H3. The highest BCUT2D eigenvalue weighted by atomic mass is 16.6. The first kappa shape index (κ1) is 41.5. The molecule has 0 spiro atoms. The SMILES string of the molecule is CC.CNC(=O)CCOCCOCCOCCn1nnc2c1CCC1C(CC2)C1COC(=O)NCCOCCOCCOCCC(C)=O. The molecular formula is C33H59N5O10. The van der Waals surface area contributed by atoms with Crippen LogP contribution >= 0.6 is 0 Å². The number of amides is 2. The Morgan fingerprint density at radius 1 is 0.750 bits per heavy atom. The molecule has 3 rings (SSSR count). The van der Waals surface area contributed by atoms with Gasteiger partial charge in [-0.3, -0.25) is 9.59 Å². The lowest BCUT2D eigenvalue weighted by atomic mass is 10.0. The molecule has 3 unspecified atom stereocenters. The maximum atomic E-state index is 12.2. The molecule has 15 nitrogen and oxygen atoms in total. The molecule has 1 fully saturated rings. The molecule has 2 N–H and O–H groups in total. The third-order valence-electron chi connectivity index (χ3n) is 8.06. The number of carbonyl (C=O) groups is 3. The van der Waals surface area contributed by atoms with Gasteiger partial charge in [-0.15, -0.1) is 5.10 Å². The van der Waals surface area contributed by atoms with Gasteiger partial charge in [-0.25, -0.2) is 9.48 Å². The van der Waals surface area contributed by atoms with E-state index in [0.717, 1.165) is 31.4 Å². The van der Waals surface area contributed by atoms with Gasteiger partial charge in [0, 0.05) is 26.4 Å². The van der Waals surface area contributed by atoms with Crippen LogP contribution in [0.15, 0.2) is 0 Å².